The number of benzene rings is 1. The van der Waals surface area contributed by atoms with Crippen LogP contribution in [0.5, 0.6) is 0 Å². The Hall–Kier alpha value is -1.12. The highest BCUT2D eigenvalue weighted by molar-refractivity contribution is 7.92. The van der Waals surface area contributed by atoms with E-state index in [1.807, 2.05) is 6.92 Å². The van der Waals surface area contributed by atoms with E-state index in [0.29, 0.717) is 30.6 Å². The molecule has 0 bridgehead atoms. The second-order valence-electron chi connectivity index (χ2n) is 4.83. The summed E-state index contributed by atoms with van der Waals surface area (Å²) in [4.78, 5) is 0.0176. The van der Waals surface area contributed by atoms with Crippen molar-refractivity contribution < 1.29 is 16.8 Å². The maximum atomic E-state index is 12.2. The molecule has 0 fully saturated rings. The Morgan fingerprint density at radius 3 is 2.55 bits per heavy atom. The molecule has 0 aromatic heterocycles. The highest BCUT2D eigenvalue weighted by Crippen LogP contribution is 2.32. The van der Waals surface area contributed by atoms with Crippen LogP contribution in [-0.4, -0.2) is 29.1 Å². The van der Waals surface area contributed by atoms with Crippen molar-refractivity contribution in [2.45, 2.75) is 31.1 Å². The Bertz CT molecular complexity index is 711. The van der Waals surface area contributed by atoms with E-state index in [9.17, 15) is 16.8 Å². The average Bonchev–Trinajstić information content (AvgIpc) is 2.79. The van der Waals surface area contributed by atoms with Crippen LogP contribution in [-0.2, 0) is 26.5 Å². The Labute approximate surface area is 119 Å². The summed E-state index contributed by atoms with van der Waals surface area (Å²) in [6.45, 7) is 2.29. The molecule has 112 valence electrons. The summed E-state index contributed by atoms with van der Waals surface area (Å²) in [5.41, 5.74) is 1.27. The lowest BCUT2D eigenvalue weighted by Gasteiger charge is -2.19. The molecule has 1 heterocycles. The van der Waals surface area contributed by atoms with E-state index in [0.717, 1.165) is 6.42 Å². The molecular weight excluding hydrogens is 300 g/mol. The monoisotopic (exact) mass is 318 g/mol. The molecule has 8 heteroatoms. The van der Waals surface area contributed by atoms with E-state index >= 15 is 0 Å². The third kappa shape index (κ3) is 2.97. The number of hydrogen-bond acceptors (Lipinski definition) is 4. The Morgan fingerprint density at radius 1 is 1.25 bits per heavy atom. The molecule has 0 unspecified atom stereocenters. The zero-order valence-electron chi connectivity index (χ0n) is 11.2. The van der Waals surface area contributed by atoms with Gasteiger partial charge in [-0.15, -0.1) is 0 Å². The van der Waals surface area contributed by atoms with Crippen molar-refractivity contribution >= 4 is 25.7 Å². The second-order valence-corrected chi connectivity index (χ2v) is 8.40. The SMILES string of the molecule is CCCCS(=O)(=O)N1CCc2cc(S(N)(=O)=O)ccc21. The van der Waals surface area contributed by atoms with Crippen LogP contribution in [0.1, 0.15) is 25.3 Å². The summed E-state index contributed by atoms with van der Waals surface area (Å²) in [6, 6.07) is 4.33. The lowest BCUT2D eigenvalue weighted by atomic mass is 10.2. The third-order valence-electron chi connectivity index (χ3n) is 3.32. The second kappa shape index (κ2) is 5.34. The molecular formula is C12H18N2O4S2. The number of anilines is 1. The average molecular weight is 318 g/mol. The van der Waals surface area contributed by atoms with Gasteiger partial charge in [0.2, 0.25) is 20.0 Å². The van der Waals surface area contributed by atoms with E-state index in [1.165, 1.54) is 22.5 Å². The standard InChI is InChI=1S/C12H18N2O4S2/c1-2-3-8-19(15,16)14-7-6-10-9-11(20(13,17)18)4-5-12(10)14/h4-5,9H,2-3,6-8H2,1H3,(H2,13,17,18). The van der Waals surface area contributed by atoms with Crippen LogP contribution < -0.4 is 9.44 Å². The minimum absolute atomic E-state index is 0.0176. The van der Waals surface area contributed by atoms with Gasteiger partial charge >= 0.3 is 0 Å². The fourth-order valence-corrected chi connectivity index (χ4v) is 4.54. The fourth-order valence-electron chi connectivity index (χ4n) is 2.25. The number of fused-ring (bicyclic) bond motifs is 1. The van der Waals surface area contributed by atoms with Crippen molar-refractivity contribution in [2.75, 3.05) is 16.6 Å². The zero-order valence-corrected chi connectivity index (χ0v) is 12.9. The van der Waals surface area contributed by atoms with Gasteiger partial charge < -0.3 is 0 Å². The molecule has 1 aliphatic heterocycles. The molecule has 0 saturated carbocycles. The molecule has 0 saturated heterocycles. The summed E-state index contributed by atoms with van der Waals surface area (Å²) in [5, 5.41) is 5.08. The van der Waals surface area contributed by atoms with E-state index in [1.54, 1.807) is 0 Å². The van der Waals surface area contributed by atoms with Crippen molar-refractivity contribution in [3.63, 3.8) is 0 Å². The van der Waals surface area contributed by atoms with Crippen LogP contribution in [0.15, 0.2) is 23.1 Å². The Morgan fingerprint density at radius 2 is 1.95 bits per heavy atom. The van der Waals surface area contributed by atoms with Crippen LogP contribution in [0, 0.1) is 0 Å². The number of nitrogens with two attached hydrogens (primary N) is 1. The lowest BCUT2D eigenvalue weighted by Crippen LogP contribution is -2.31. The number of nitrogens with zero attached hydrogens (tertiary/aromatic N) is 1. The first kappa shape index (κ1) is 15.3. The summed E-state index contributed by atoms with van der Waals surface area (Å²) in [5.74, 6) is 0.111. The topological polar surface area (TPSA) is 97.5 Å². The number of primary sulfonamides is 1. The molecule has 2 N–H and O–H groups in total. The summed E-state index contributed by atoms with van der Waals surface area (Å²) in [6.07, 6.45) is 1.93. The highest BCUT2D eigenvalue weighted by Gasteiger charge is 2.29. The van der Waals surface area contributed by atoms with E-state index in [-0.39, 0.29) is 10.6 Å². The lowest BCUT2D eigenvalue weighted by molar-refractivity contribution is 0.588. The first-order chi connectivity index (χ1) is 9.25. The van der Waals surface area contributed by atoms with Gasteiger partial charge in [0.25, 0.3) is 0 Å². The Kier molecular flexibility index (Phi) is 4.08. The van der Waals surface area contributed by atoms with Gasteiger partial charge in [0, 0.05) is 6.54 Å². The van der Waals surface area contributed by atoms with E-state index in [2.05, 4.69) is 0 Å². The van der Waals surface area contributed by atoms with Crippen LogP contribution >= 0.6 is 0 Å². The van der Waals surface area contributed by atoms with Gasteiger partial charge in [-0.05, 0) is 36.6 Å². The van der Waals surface area contributed by atoms with Gasteiger partial charge in [0.15, 0.2) is 0 Å². The molecule has 0 aliphatic carbocycles. The maximum absolute atomic E-state index is 12.2. The summed E-state index contributed by atoms with van der Waals surface area (Å²) in [7, 11) is -7.09. The number of unbranched alkanes of at least 4 members (excludes halogenated alkanes) is 1. The van der Waals surface area contributed by atoms with Gasteiger partial charge in [-0.3, -0.25) is 4.31 Å². The number of hydrogen-bond donors (Lipinski definition) is 1. The first-order valence-electron chi connectivity index (χ1n) is 6.42. The predicted octanol–water partition coefficient (Wildman–Crippen LogP) is 0.826. The van der Waals surface area contributed by atoms with Gasteiger partial charge in [-0.2, -0.15) is 0 Å². The largest absolute Gasteiger partial charge is 0.270 e. The molecule has 0 spiro atoms. The summed E-state index contributed by atoms with van der Waals surface area (Å²) >= 11 is 0. The van der Waals surface area contributed by atoms with E-state index < -0.39 is 20.0 Å². The molecule has 1 aromatic rings. The van der Waals surface area contributed by atoms with Crippen molar-refractivity contribution in [1.82, 2.24) is 0 Å². The molecule has 1 aliphatic rings. The molecule has 0 atom stereocenters. The molecule has 6 nitrogen and oxygen atoms in total. The first-order valence-corrected chi connectivity index (χ1v) is 9.57. The van der Waals surface area contributed by atoms with Gasteiger partial charge in [0.1, 0.15) is 0 Å². The highest BCUT2D eigenvalue weighted by atomic mass is 32.2. The van der Waals surface area contributed by atoms with Gasteiger partial charge in [-0.1, -0.05) is 13.3 Å². The maximum Gasteiger partial charge on any atom is 0.238 e. The zero-order chi connectivity index (χ0) is 15.0. The van der Waals surface area contributed by atoms with Gasteiger partial charge in [0.05, 0.1) is 16.3 Å². The van der Waals surface area contributed by atoms with Crippen LogP contribution in [0.25, 0.3) is 0 Å². The fraction of sp³-hybridized carbons (Fsp3) is 0.500. The number of rotatable bonds is 5. The normalized spacial score (nSPS) is 15.4. The molecule has 0 radical (unpaired) electrons. The quantitative estimate of drug-likeness (QED) is 0.869. The molecule has 2 rings (SSSR count). The third-order valence-corrected chi connectivity index (χ3v) is 6.09. The smallest absolute Gasteiger partial charge is 0.238 e. The minimum atomic E-state index is -3.76. The van der Waals surface area contributed by atoms with Crippen molar-refractivity contribution in [1.29, 1.82) is 0 Å². The van der Waals surface area contributed by atoms with Crippen molar-refractivity contribution in [3.05, 3.63) is 23.8 Å². The van der Waals surface area contributed by atoms with E-state index in [4.69, 9.17) is 5.14 Å². The molecule has 1 aromatic carbocycles. The number of sulfonamides is 2. The summed E-state index contributed by atoms with van der Waals surface area (Å²) < 4.78 is 48.4. The van der Waals surface area contributed by atoms with Crippen LogP contribution in [0.4, 0.5) is 5.69 Å². The van der Waals surface area contributed by atoms with Crippen molar-refractivity contribution in [2.24, 2.45) is 5.14 Å². The molecule has 0 amide bonds. The molecule has 20 heavy (non-hydrogen) atoms. The minimum Gasteiger partial charge on any atom is -0.270 e. The predicted molar refractivity (Wildman–Crippen MR) is 77.6 cm³/mol. The Balaban J connectivity index is 2.35. The van der Waals surface area contributed by atoms with Crippen molar-refractivity contribution in [3.8, 4) is 0 Å². The van der Waals surface area contributed by atoms with Gasteiger partial charge in [-0.25, -0.2) is 22.0 Å². The van der Waals surface area contributed by atoms with Crippen LogP contribution in [0.3, 0.4) is 0 Å². The van der Waals surface area contributed by atoms with Crippen LogP contribution in [0.2, 0.25) is 0 Å².